The Morgan fingerprint density at radius 1 is 1.08 bits per heavy atom. The predicted octanol–water partition coefficient (Wildman–Crippen LogP) is 3.54. The molecule has 0 unspecified atom stereocenters. The molecule has 2 amide bonds. The lowest BCUT2D eigenvalue weighted by Crippen LogP contribution is -2.28. The SMILES string of the molecule is COc1ccc(CNC(=O)Nc2ccc(-c3csnn3)cc2)cc1OC. The van der Waals surface area contributed by atoms with Crippen LogP contribution in [0, 0.1) is 0 Å². The van der Waals surface area contributed by atoms with Crippen molar-refractivity contribution in [2.24, 2.45) is 0 Å². The average molecular weight is 370 g/mol. The van der Waals surface area contributed by atoms with Crippen molar-refractivity contribution in [2.75, 3.05) is 19.5 Å². The molecule has 2 aromatic carbocycles. The lowest BCUT2D eigenvalue weighted by atomic mass is 10.1. The zero-order valence-electron chi connectivity index (χ0n) is 14.4. The van der Waals surface area contributed by atoms with Gasteiger partial charge in [-0.3, -0.25) is 0 Å². The molecule has 1 heterocycles. The number of hydrogen-bond donors (Lipinski definition) is 2. The lowest BCUT2D eigenvalue weighted by Gasteiger charge is -2.11. The number of carbonyl (C=O) groups is 1. The van der Waals surface area contributed by atoms with Crippen LogP contribution in [0.3, 0.4) is 0 Å². The predicted molar refractivity (Wildman–Crippen MR) is 101 cm³/mol. The summed E-state index contributed by atoms with van der Waals surface area (Å²) in [6, 6.07) is 12.6. The third kappa shape index (κ3) is 4.28. The maximum absolute atomic E-state index is 12.1. The van der Waals surface area contributed by atoms with E-state index in [1.54, 1.807) is 20.3 Å². The Morgan fingerprint density at radius 2 is 1.85 bits per heavy atom. The molecule has 134 valence electrons. The van der Waals surface area contributed by atoms with E-state index in [-0.39, 0.29) is 6.03 Å². The minimum atomic E-state index is -0.289. The number of nitrogens with one attached hydrogen (secondary N) is 2. The first-order valence-electron chi connectivity index (χ1n) is 7.83. The molecule has 3 aromatic rings. The fraction of sp³-hybridized carbons (Fsp3) is 0.167. The largest absolute Gasteiger partial charge is 0.493 e. The molecule has 0 saturated carbocycles. The zero-order chi connectivity index (χ0) is 18.4. The van der Waals surface area contributed by atoms with Crippen LogP contribution in [0.2, 0.25) is 0 Å². The van der Waals surface area contributed by atoms with Crippen LogP contribution in [0.5, 0.6) is 11.5 Å². The summed E-state index contributed by atoms with van der Waals surface area (Å²) in [5, 5.41) is 11.5. The fourth-order valence-electron chi connectivity index (χ4n) is 2.36. The van der Waals surface area contributed by atoms with Gasteiger partial charge in [-0.2, -0.15) is 0 Å². The van der Waals surface area contributed by atoms with Gasteiger partial charge in [0, 0.05) is 23.2 Å². The zero-order valence-corrected chi connectivity index (χ0v) is 15.2. The molecule has 26 heavy (non-hydrogen) atoms. The van der Waals surface area contributed by atoms with Gasteiger partial charge in [-0.15, -0.1) is 5.10 Å². The van der Waals surface area contributed by atoms with Crippen LogP contribution in [0.15, 0.2) is 47.8 Å². The Kier molecular flexibility index (Phi) is 5.65. The van der Waals surface area contributed by atoms with E-state index in [1.807, 2.05) is 41.8 Å². The molecule has 0 atom stereocenters. The quantitative estimate of drug-likeness (QED) is 0.693. The number of hydrogen-bond acceptors (Lipinski definition) is 6. The van der Waals surface area contributed by atoms with Crippen molar-refractivity contribution < 1.29 is 14.3 Å². The summed E-state index contributed by atoms with van der Waals surface area (Å²) in [6.07, 6.45) is 0. The van der Waals surface area contributed by atoms with Crippen LogP contribution in [0.25, 0.3) is 11.3 Å². The van der Waals surface area contributed by atoms with E-state index in [4.69, 9.17) is 9.47 Å². The number of aromatic nitrogens is 2. The summed E-state index contributed by atoms with van der Waals surface area (Å²) in [4.78, 5) is 12.1. The topological polar surface area (TPSA) is 85.4 Å². The van der Waals surface area contributed by atoms with Crippen molar-refractivity contribution in [1.82, 2.24) is 14.9 Å². The van der Waals surface area contributed by atoms with Crippen molar-refractivity contribution >= 4 is 23.3 Å². The highest BCUT2D eigenvalue weighted by molar-refractivity contribution is 7.03. The summed E-state index contributed by atoms with van der Waals surface area (Å²) in [7, 11) is 3.16. The van der Waals surface area contributed by atoms with Gasteiger partial charge in [-0.1, -0.05) is 22.7 Å². The highest BCUT2D eigenvalue weighted by atomic mass is 32.1. The first-order chi connectivity index (χ1) is 12.7. The van der Waals surface area contributed by atoms with Crippen LogP contribution < -0.4 is 20.1 Å². The Labute approximate surface area is 155 Å². The normalized spacial score (nSPS) is 10.2. The van der Waals surface area contributed by atoms with E-state index >= 15 is 0 Å². The van der Waals surface area contributed by atoms with Gasteiger partial charge in [0.05, 0.1) is 14.2 Å². The number of rotatable bonds is 6. The van der Waals surface area contributed by atoms with E-state index in [0.29, 0.717) is 23.7 Å². The summed E-state index contributed by atoms with van der Waals surface area (Å²) in [5.41, 5.74) is 3.38. The fourth-order valence-corrected chi connectivity index (χ4v) is 2.83. The van der Waals surface area contributed by atoms with Crippen molar-refractivity contribution in [2.45, 2.75) is 6.54 Å². The maximum Gasteiger partial charge on any atom is 0.319 e. The second-order valence-electron chi connectivity index (χ2n) is 5.36. The molecular formula is C18H18N4O3S. The molecule has 0 aliphatic rings. The highest BCUT2D eigenvalue weighted by Gasteiger charge is 2.07. The Morgan fingerprint density at radius 3 is 2.50 bits per heavy atom. The molecule has 3 rings (SSSR count). The van der Waals surface area contributed by atoms with Crippen LogP contribution in [0.4, 0.5) is 10.5 Å². The number of benzene rings is 2. The van der Waals surface area contributed by atoms with E-state index in [2.05, 4.69) is 20.2 Å². The smallest absolute Gasteiger partial charge is 0.319 e. The molecule has 8 heteroatoms. The lowest BCUT2D eigenvalue weighted by molar-refractivity contribution is 0.251. The Balaban J connectivity index is 1.56. The summed E-state index contributed by atoms with van der Waals surface area (Å²) < 4.78 is 14.3. The van der Waals surface area contributed by atoms with Crippen LogP contribution in [0.1, 0.15) is 5.56 Å². The molecule has 1 aromatic heterocycles. The van der Waals surface area contributed by atoms with Crippen LogP contribution in [-0.4, -0.2) is 29.8 Å². The molecule has 0 aliphatic heterocycles. The number of carbonyl (C=O) groups excluding carboxylic acids is 1. The minimum absolute atomic E-state index is 0.289. The minimum Gasteiger partial charge on any atom is -0.493 e. The molecule has 0 saturated heterocycles. The maximum atomic E-state index is 12.1. The third-order valence-corrected chi connectivity index (χ3v) is 4.20. The number of amides is 2. The molecular weight excluding hydrogens is 352 g/mol. The second kappa shape index (κ2) is 8.30. The van der Waals surface area contributed by atoms with Crippen molar-refractivity contribution in [3.05, 3.63) is 53.4 Å². The standard InChI is InChI=1S/C18H18N4O3S/c1-24-16-8-3-12(9-17(16)25-2)10-19-18(23)20-14-6-4-13(5-7-14)15-11-26-22-21-15/h3-9,11H,10H2,1-2H3,(H2,19,20,23). The first kappa shape index (κ1) is 17.7. The van der Waals surface area contributed by atoms with Crippen LogP contribution in [-0.2, 0) is 6.54 Å². The highest BCUT2D eigenvalue weighted by Crippen LogP contribution is 2.27. The molecule has 0 aliphatic carbocycles. The second-order valence-corrected chi connectivity index (χ2v) is 5.97. The van der Waals surface area contributed by atoms with Gasteiger partial charge in [0.1, 0.15) is 5.69 Å². The number of nitrogens with zero attached hydrogens (tertiary/aromatic N) is 2. The van der Waals surface area contributed by atoms with E-state index in [0.717, 1.165) is 16.8 Å². The van der Waals surface area contributed by atoms with Gasteiger partial charge in [0.25, 0.3) is 0 Å². The van der Waals surface area contributed by atoms with Crippen molar-refractivity contribution in [3.63, 3.8) is 0 Å². The van der Waals surface area contributed by atoms with Gasteiger partial charge in [-0.25, -0.2) is 4.79 Å². The van der Waals surface area contributed by atoms with Gasteiger partial charge in [0.15, 0.2) is 11.5 Å². The molecule has 7 nitrogen and oxygen atoms in total. The number of anilines is 1. The average Bonchev–Trinajstić information content (AvgIpc) is 3.21. The van der Waals surface area contributed by atoms with Gasteiger partial charge in [0.2, 0.25) is 0 Å². The molecule has 0 spiro atoms. The Bertz CT molecular complexity index is 867. The van der Waals surface area contributed by atoms with Gasteiger partial charge >= 0.3 is 6.03 Å². The number of urea groups is 1. The molecule has 0 radical (unpaired) electrons. The van der Waals surface area contributed by atoms with E-state index in [1.165, 1.54) is 11.5 Å². The first-order valence-corrected chi connectivity index (χ1v) is 8.66. The number of methoxy groups -OCH3 is 2. The summed E-state index contributed by atoms with van der Waals surface area (Å²) in [5.74, 6) is 1.27. The summed E-state index contributed by atoms with van der Waals surface area (Å²) in [6.45, 7) is 0.370. The van der Waals surface area contributed by atoms with Gasteiger partial charge < -0.3 is 20.1 Å². The van der Waals surface area contributed by atoms with E-state index < -0.39 is 0 Å². The van der Waals surface area contributed by atoms with Crippen LogP contribution >= 0.6 is 11.5 Å². The van der Waals surface area contributed by atoms with Crippen molar-refractivity contribution in [1.29, 1.82) is 0 Å². The van der Waals surface area contributed by atoms with Gasteiger partial charge in [-0.05, 0) is 41.4 Å². The monoisotopic (exact) mass is 370 g/mol. The van der Waals surface area contributed by atoms with E-state index in [9.17, 15) is 4.79 Å². The molecule has 0 bridgehead atoms. The molecule has 2 N–H and O–H groups in total. The summed E-state index contributed by atoms with van der Waals surface area (Å²) >= 11 is 1.30. The Hall–Kier alpha value is -3.13. The molecule has 0 fully saturated rings. The van der Waals surface area contributed by atoms with Crippen molar-refractivity contribution in [3.8, 4) is 22.8 Å². The number of ether oxygens (including phenoxy) is 2. The third-order valence-electron chi connectivity index (χ3n) is 3.70.